The van der Waals surface area contributed by atoms with E-state index in [0.29, 0.717) is 5.75 Å². The summed E-state index contributed by atoms with van der Waals surface area (Å²) >= 11 is 3.85. The summed E-state index contributed by atoms with van der Waals surface area (Å²) in [5.41, 5.74) is 0. The van der Waals surface area contributed by atoms with Crippen LogP contribution in [0.2, 0.25) is 0 Å². The van der Waals surface area contributed by atoms with E-state index in [-0.39, 0.29) is 5.92 Å². The Kier molecular flexibility index (Phi) is 4.69. The minimum Gasteiger partial charge on any atom is -0.479 e. The van der Waals surface area contributed by atoms with Gasteiger partial charge < -0.3 is 9.84 Å². The van der Waals surface area contributed by atoms with Gasteiger partial charge in [-0.3, -0.25) is 4.79 Å². The highest BCUT2D eigenvalue weighted by Gasteiger charge is 2.13. The van der Waals surface area contributed by atoms with Gasteiger partial charge in [0, 0.05) is 5.75 Å². The molecule has 11 heavy (non-hydrogen) atoms. The van der Waals surface area contributed by atoms with E-state index in [1.165, 1.54) is 0 Å². The zero-order valence-corrected chi connectivity index (χ0v) is 7.01. The molecule has 0 saturated carbocycles. The molecule has 0 fully saturated rings. The van der Waals surface area contributed by atoms with Crippen molar-refractivity contribution in [3.05, 3.63) is 0 Å². The van der Waals surface area contributed by atoms with Crippen molar-refractivity contribution in [1.29, 1.82) is 0 Å². The lowest BCUT2D eigenvalue weighted by Crippen LogP contribution is -2.19. The van der Waals surface area contributed by atoms with Crippen LogP contribution >= 0.6 is 12.6 Å². The van der Waals surface area contributed by atoms with Crippen LogP contribution in [0.15, 0.2) is 0 Å². The van der Waals surface area contributed by atoms with Gasteiger partial charge in [-0.25, -0.2) is 4.79 Å². The molecule has 1 atom stereocenters. The molecule has 0 saturated heterocycles. The molecule has 64 valence electrons. The second kappa shape index (κ2) is 5.01. The van der Waals surface area contributed by atoms with Crippen LogP contribution < -0.4 is 0 Å². The number of ether oxygens (including phenoxy) is 1. The Morgan fingerprint density at radius 1 is 1.64 bits per heavy atom. The summed E-state index contributed by atoms with van der Waals surface area (Å²) in [4.78, 5) is 20.7. The lowest BCUT2D eigenvalue weighted by atomic mass is 10.2. The molecule has 0 aliphatic carbocycles. The van der Waals surface area contributed by atoms with Crippen LogP contribution in [0.25, 0.3) is 0 Å². The molecular formula is C6H10O4S. The predicted octanol–water partition coefficient (Wildman–Crippen LogP) is 0.180. The van der Waals surface area contributed by atoms with Crippen molar-refractivity contribution >= 4 is 24.6 Å². The number of carbonyl (C=O) groups is 2. The van der Waals surface area contributed by atoms with Crippen LogP contribution in [0.3, 0.4) is 0 Å². The zero-order chi connectivity index (χ0) is 8.85. The standard InChI is InChI=1S/C6H10O4S/c1-4(3-11)6(9)10-2-5(7)8/h4,11H,2-3H2,1H3,(H,7,8)/t4-/m1/s1. The van der Waals surface area contributed by atoms with Crippen LogP contribution in [0.4, 0.5) is 0 Å². The first-order valence-corrected chi connectivity index (χ1v) is 3.70. The number of hydrogen-bond donors (Lipinski definition) is 2. The Morgan fingerprint density at radius 3 is 2.55 bits per heavy atom. The molecule has 0 aliphatic rings. The maximum atomic E-state index is 10.7. The molecule has 1 N–H and O–H groups in total. The maximum absolute atomic E-state index is 10.7. The fourth-order valence-corrected chi connectivity index (χ4v) is 0.499. The molecular weight excluding hydrogens is 168 g/mol. The number of carboxylic acids is 1. The molecule has 0 aromatic rings. The maximum Gasteiger partial charge on any atom is 0.341 e. The van der Waals surface area contributed by atoms with Crippen molar-refractivity contribution < 1.29 is 19.4 Å². The molecule has 5 heteroatoms. The van der Waals surface area contributed by atoms with E-state index in [2.05, 4.69) is 17.4 Å². The largest absolute Gasteiger partial charge is 0.479 e. The fraction of sp³-hybridized carbons (Fsp3) is 0.667. The van der Waals surface area contributed by atoms with E-state index in [1.807, 2.05) is 0 Å². The van der Waals surface area contributed by atoms with Crippen molar-refractivity contribution in [1.82, 2.24) is 0 Å². The summed E-state index contributed by atoms with van der Waals surface area (Å²) < 4.78 is 4.37. The normalized spacial score (nSPS) is 12.2. The summed E-state index contributed by atoms with van der Waals surface area (Å²) in [5, 5.41) is 8.12. The number of thiol groups is 1. The average molecular weight is 178 g/mol. The SMILES string of the molecule is C[C@H](CS)C(=O)OCC(=O)O. The molecule has 0 radical (unpaired) electrons. The Bertz CT molecular complexity index is 157. The van der Waals surface area contributed by atoms with Gasteiger partial charge in [-0.1, -0.05) is 6.92 Å². The number of carbonyl (C=O) groups excluding carboxylic acids is 1. The zero-order valence-electron chi connectivity index (χ0n) is 6.11. The first-order chi connectivity index (χ1) is 5.07. The van der Waals surface area contributed by atoms with Gasteiger partial charge in [0.15, 0.2) is 6.61 Å². The predicted molar refractivity (Wildman–Crippen MR) is 41.6 cm³/mol. The fourth-order valence-electron chi connectivity index (χ4n) is 0.350. The van der Waals surface area contributed by atoms with E-state index in [1.54, 1.807) is 6.92 Å². The smallest absolute Gasteiger partial charge is 0.341 e. The number of hydrogen-bond acceptors (Lipinski definition) is 4. The minimum absolute atomic E-state index is 0.349. The van der Waals surface area contributed by atoms with E-state index in [4.69, 9.17) is 5.11 Å². The summed E-state index contributed by atoms with van der Waals surface area (Å²) in [6.07, 6.45) is 0. The van der Waals surface area contributed by atoms with Gasteiger partial charge in [0.05, 0.1) is 5.92 Å². The van der Waals surface area contributed by atoms with Gasteiger partial charge in [-0.05, 0) is 0 Å². The summed E-state index contributed by atoms with van der Waals surface area (Å²) in [6, 6.07) is 0. The van der Waals surface area contributed by atoms with E-state index in [9.17, 15) is 9.59 Å². The first kappa shape index (κ1) is 10.3. The highest BCUT2D eigenvalue weighted by Crippen LogP contribution is 1.99. The molecule has 0 aromatic heterocycles. The topological polar surface area (TPSA) is 63.6 Å². The van der Waals surface area contributed by atoms with E-state index < -0.39 is 18.5 Å². The lowest BCUT2D eigenvalue weighted by molar-refractivity contribution is -0.157. The van der Waals surface area contributed by atoms with Crippen LogP contribution in [0.1, 0.15) is 6.92 Å². The van der Waals surface area contributed by atoms with Gasteiger partial charge >= 0.3 is 11.9 Å². The van der Waals surface area contributed by atoms with Gasteiger partial charge in [0.1, 0.15) is 0 Å². The molecule has 0 aliphatic heterocycles. The second-order valence-corrected chi connectivity index (χ2v) is 2.45. The highest BCUT2D eigenvalue weighted by atomic mass is 32.1. The third-order valence-electron chi connectivity index (χ3n) is 1.01. The molecule has 0 rings (SSSR count). The molecule has 0 heterocycles. The van der Waals surface area contributed by atoms with Gasteiger partial charge in [0.25, 0.3) is 0 Å². The monoisotopic (exact) mass is 178 g/mol. The first-order valence-electron chi connectivity index (χ1n) is 3.07. The van der Waals surface area contributed by atoms with Crippen molar-refractivity contribution in [3.63, 3.8) is 0 Å². The summed E-state index contributed by atoms with van der Waals surface area (Å²) in [5.74, 6) is -1.66. The molecule has 4 nitrogen and oxygen atoms in total. The third-order valence-corrected chi connectivity index (χ3v) is 1.56. The molecule has 0 spiro atoms. The minimum atomic E-state index is -1.15. The van der Waals surface area contributed by atoms with Crippen LogP contribution in [0.5, 0.6) is 0 Å². The molecule has 0 bridgehead atoms. The van der Waals surface area contributed by atoms with Gasteiger partial charge in [0.2, 0.25) is 0 Å². The van der Waals surface area contributed by atoms with Gasteiger partial charge in [-0.2, -0.15) is 12.6 Å². The Balaban J connectivity index is 3.60. The number of rotatable bonds is 4. The van der Waals surface area contributed by atoms with Crippen LogP contribution in [-0.2, 0) is 14.3 Å². The Hall–Kier alpha value is -0.710. The van der Waals surface area contributed by atoms with Gasteiger partial charge in [-0.15, -0.1) is 0 Å². The highest BCUT2D eigenvalue weighted by molar-refractivity contribution is 7.80. The van der Waals surface area contributed by atoms with E-state index in [0.717, 1.165) is 0 Å². The Labute approximate surface area is 69.9 Å². The summed E-state index contributed by atoms with van der Waals surface area (Å²) in [7, 11) is 0. The third kappa shape index (κ3) is 4.66. The van der Waals surface area contributed by atoms with Crippen LogP contribution in [0, 0.1) is 5.92 Å². The molecule has 0 unspecified atom stereocenters. The lowest BCUT2D eigenvalue weighted by Gasteiger charge is -2.05. The van der Waals surface area contributed by atoms with Crippen molar-refractivity contribution in [2.24, 2.45) is 5.92 Å². The summed E-state index contributed by atoms with van der Waals surface area (Å²) in [6.45, 7) is 1.05. The van der Waals surface area contributed by atoms with Crippen molar-refractivity contribution in [2.75, 3.05) is 12.4 Å². The van der Waals surface area contributed by atoms with Crippen molar-refractivity contribution in [3.8, 4) is 0 Å². The molecule has 0 amide bonds. The second-order valence-electron chi connectivity index (χ2n) is 2.09. The quantitative estimate of drug-likeness (QED) is 0.476. The van der Waals surface area contributed by atoms with Crippen molar-refractivity contribution in [2.45, 2.75) is 6.92 Å². The number of aliphatic carboxylic acids is 1. The van der Waals surface area contributed by atoms with Crippen LogP contribution in [-0.4, -0.2) is 29.4 Å². The molecule has 0 aromatic carbocycles. The Morgan fingerprint density at radius 2 is 2.18 bits per heavy atom. The van der Waals surface area contributed by atoms with E-state index >= 15 is 0 Å². The number of carboxylic acid groups (broad SMARTS) is 1. The average Bonchev–Trinajstić information content (AvgIpc) is 1.98. The number of esters is 1.